The van der Waals surface area contributed by atoms with Gasteiger partial charge in [0.05, 0.1) is 16.6 Å². The van der Waals surface area contributed by atoms with Crippen LogP contribution in [0.5, 0.6) is 0 Å². The lowest BCUT2D eigenvalue weighted by atomic mass is 10.0. The number of amides is 1. The van der Waals surface area contributed by atoms with Gasteiger partial charge in [-0.25, -0.2) is 14.4 Å². The van der Waals surface area contributed by atoms with E-state index in [1.807, 2.05) is 6.07 Å². The van der Waals surface area contributed by atoms with Crippen LogP contribution in [-0.2, 0) is 6.18 Å². The molecule has 10 heteroatoms. The second-order valence-electron chi connectivity index (χ2n) is 7.06. The molecule has 0 aliphatic rings. The summed E-state index contributed by atoms with van der Waals surface area (Å²) in [7, 11) is 1.71. The minimum absolute atomic E-state index is 0.234. The Morgan fingerprint density at radius 1 is 1.03 bits per heavy atom. The maximum absolute atomic E-state index is 14.1. The molecule has 4 rings (SSSR count). The number of rotatable bonds is 4. The van der Waals surface area contributed by atoms with E-state index in [9.17, 15) is 22.4 Å². The minimum Gasteiger partial charge on any atom is -0.357 e. The van der Waals surface area contributed by atoms with E-state index in [-0.39, 0.29) is 5.69 Å². The van der Waals surface area contributed by atoms with E-state index in [0.717, 1.165) is 5.39 Å². The van der Waals surface area contributed by atoms with Crippen LogP contribution in [-0.4, -0.2) is 22.9 Å². The molecule has 0 aliphatic carbocycles. The number of fused-ring (bicyclic) bond motifs is 1. The second kappa shape index (κ2) is 8.67. The number of halogens is 5. The van der Waals surface area contributed by atoms with Crippen LogP contribution in [0.2, 0.25) is 5.02 Å². The highest BCUT2D eigenvalue weighted by Crippen LogP contribution is 2.33. The van der Waals surface area contributed by atoms with Crippen molar-refractivity contribution in [2.45, 2.75) is 6.18 Å². The number of carbonyl (C=O) groups is 1. The SMILES string of the molecule is CNc1ncc2cc(-c3cc(NC(=O)c4cc(C(F)(F)F)ccc4F)ccc3Cl)ccc2n1. The van der Waals surface area contributed by atoms with Crippen LogP contribution < -0.4 is 10.6 Å². The topological polar surface area (TPSA) is 66.9 Å². The molecule has 1 aromatic heterocycles. The fourth-order valence-corrected chi connectivity index (χ4v) is 3.45. The third-order valence-corrected chi connectivity index (χ3v) is 5.21. The van der Waals surface area contributed by atoms with E-state index < -0.39 is 29.0 Å². The summed E-state index contributed by atoms with van der Waals surface area (Å²) in [6.45, 7) is 0. The van der Waals surface area contributed by atoms with Gasteiger partial charge in [-0.2, -0.15) is 13.2 Å². The van der Waals surface area contributed by atoms with Crippen LogP contribution >= 0.6 is 11.6 Å². The fraction of sp³-hybridized carbons (Fsp3) is 0.0870. The van der Waals surface area contributed by atoms with Crippen LogP contribution in [0.25, 0.3) is 22.0 Å². The largest absolute Gasteiger partial charge is 0.416 e. The number of anilines is 2. The summed E-state index contributed by atoms with van der Waals surface area (Å²) in [6.07, 6.45) is -3.06. The Labute approximate surface area is 190 Å². The Kier molecular flexibility index (Phi) is 5.90. The first kappa shape index (κ1) is 22.5. The molecular formula is C23H15ClF4N4O. The monoisotopic (exact) mass is 474 g/mol. The van der Waals surface area contributed by atoms with Crippen LogP contribution in [0.15, 0.2) is 60.8 Å². The van der Waals surface area contributed by atoms with Crippen molar-refractivity contribution in [2.24, 2.45) is 0 Å². The zero-order valence-corrected chi connectivity index (χ0v) is 17.7. The Morgan fingerprint density at radius 2 is 1.82 bits per heavy atom. The summed E-state index contributed by atoms with van der Waals surface area (Å²) in [5.74, 6) is -1.61. The van der Waals surface area contributed by atoms with Crippen molar-refractivity contribution in [3.8, 4) is 11.1 Å². The number of benzene rings is 3. The molecule has 0 fully saturated rings. The van der Waals surface area contributed by atoms with Gasteiger partial charge in [0.2, 0.25) is 5.95 Å². The fourth-order valence-electron chi connectivity index (χ4n) is 3.22. The van der Waals surface area contributed by atoms with Gasteiger partial charge in [0.25, 0.3) is 5.91 Å². The highest BCUT2D eigenvalue weighted by molar-refractivity contribution is 6.33. The normalized spacial score (nSPS) is 11.5. The third-order valence-electron chi connectivity index (χ3n) is 4.88. The van der Waals surface area contributed by atoms with Crippen molar-refractivity contribution < 1.29 is 22.4 Å². The van der Waals surface area contributed by atoms with Crippen molar-refractivity contribution in [3.05, 3.63) is 82.8 Å². The Balaban J connectivity index is 1.66. The number of hydrogen-bond donors (Lipinski definition) is 2. The first-order valence-corrected chi connectivity index (χ1v) is 9.96. The molecule has 0 spiro atoms. The number of aromatic nitrogens is 2. The average Bonchev–Trinajstić information content (AvgIpc) is 2.79. The molecule has 3 aromatic carbocycles. The molecule has 168 valence electrons. The predicted octanol–water partition coefficient (Wildman–Crippen LogP) is 6.40. The molecule has 0 atom stereocenters. The standard InChI is InChI=1S/C23H15ClF4N4O/c1-29-22-30-11-13-8-12(2-7-20(13)32-22)16-10-15(4-5-18(16)24)31-21(33)17-9-14(23(26,27)28)3-6-19(17)25/h2-11H,1H3,(H,31,33)(H,29,30,32). The van der Waals surface area contributed by atoms with Crippen molar-refractivity contribution >= 4 is 40.0 Å². The van der Waals surface area contributed by atoms with Crippen LogP contribution in [0.4, 0.5) is 29.2 Å². The number of nitrogens with one attached hydrogen (secondary N) is 2. The number of alkyl halides is 3. The van der Waals surface area contributed by atoms with E-state index in [2.05, 4.69) is 20.6 Å². The van der Waals surface area contributed by atoms with Gasteiger partial charge in [-0.3, -0.25) is 4.79 Å². The molecule has 0 aliphatic heterocycles. The number of nitrogens with zero attached hydrogens (tertiary/aromatic N) is 2. The smallest absolute Gasteiger partial charge is 0.357 e. The molecule has 33 heavy (non-hydrogen) atoms. The quantitative estimate of drug-likeness (QED) is 0.336. The van der Waals surface area contributed by atoms with Gasteiger partial charge in [-0.15, -0.1) is 0 Å². The predicted molar refractivity (Wildman–Crippen MR) is 119 cm³/mol. The first-order chi connectivity index (χ1) is 15.7. The van der Waals surface area contributed by atoms with E-state index in [1.165, 1.54) is 12.1 Å². The average molecular weight is 475 g/mol. The molecule has 0 bridgehead atoms. The molecular weight excluding hydrogens is 460 g/mol. The maximum atomic E-state index is 14.1. The lowest BCUT2D eigenvalue weighted by Gasteiger charge is -2.12. The summed E-state index contributed by atoms with van der Waals surface area (Å²) in [5, 5.41) is 6.42. The summed E-state index contributed by atoms with van der Waals surface area (Å²) in [5.41, 5.74) is 0.361. The van der Waals surface area contributed by atoms with E-state index >= 15 is 0 Å². The zero-order chi connectivity index (χ0) is 23.8. The molecule has 5 nitrogen and oxygen atoms in total. The molecule has 1 heterocycles. The second-order valence-corrected chi connectivity index (χ2v) is 7.47. The van der Waals surface area contributed by atoms with Crippen molar-refractivity contribution in [1.82, 2.24) is 9.97 Å². The Hall–Kier alpha value is -3.72. The number of carbonyl (C=O) groups excluding carboxylic acids is 1. The molecule has 0 unspecified atom stereocenters. The van der Waals surface area contributed by atoms with Crippen molar-refractivity contribution in [1.29, 1.82) is 0 Å². The summed E-state index contributed by atoms with van der Waals surface area (Å²) >= 11 is 6.34. The summed E-state index contributed by atoms with van der Waals surface area (Å²) in [4.78, 5) is 21.0. The van der Waals surface area contributed by atoms with Gasteiger partial charge >= 0.3 is 6.18 Å². The highest BCUT2D eigenvalue weighted by Gasteiger charge is 2.32. The zero-order valence-electron chi connectivity index (χ0n) is 17.0. The van der Waals surface area contributed by atoms with Crippen LogP contribution in [0.3, 0.4) is 0 Å². The van der Waals surface area contributed by atoms with Gasteiger partial charge < -0.3 is 10.6 Å². The van der Waals surface area contributed by atoms with E-state index in [0.29, 0.717) is 45.8 Å². The molecule has 2 N–H and O–H groups in total. The number of hydrogen-bond acceptors (Lipinski definition) is 4. The van der Waals surface area contributed by atoms with Gasteiger partial charge in [0.1, 0.15) is 5.82 Å². The maximum Gasteiger partial charge on any atom is 0.416 e. The van der Waals surface area contributed by atoms with Crippen molar-refractivity contribution in [3.63, 3.8) is 0 Å². The summed E-state index contributed by atoms with van der Waals surface area (Å²) < 4.78 is 52.9. The third kappa shape index (κ3) is 4.73. The van der Waals surface area contributed by atoms with Gasteiger partial charge in [0.15, 0.2) is 0 Å². The lowest BCUT2D eigenvalue weighted by molar-refractivity contribution is -0.137. The molecule has 0 saturated heterocycles. The van der Waals surface area contributed by atoms with Crippen LogP contribution in [0.1, 0.15) is 15.9 Å². The lowest BCUT2D eigenvalue weighted by Crippen LogP contribution is -2.16. The van der Waals surface area contributed by atoms with Gasteiger partial charge in [-0.05, 0) is 54.1 Å². The first-order valence-electron chi connectivity index (χ1n) is 9.58. The molecule has 4 aromatic rings. The summed E-state index contributed by atoms with van der Waals surface area (Å²) in [6, 6.07) is 11.6. The molecule has 0 radical (unpaired) electrons. The van der Waals surface area contributed by atoms with Crippen molar-refractivity contribution in [2.75, 3.05) is 17.7 Å². The minimum atomic E-state index is -4.70. The van der Waals surface area contributed by atoms with Crippen LogP contribution in [0, 0.1) is 5.82 Å². The molecule has 0 saturated carbocycles. The Bertz CT molecular complexity index is 1370. The van der Waals surface area contributed by atoms with E-state index in [4.69, 9.17) is 11.6 Å². The van der Waals surface area contributed by atoms with Gasteiger partial charge in [-0.1, -0.05) is 17.7 Å². The Morgan fingerprint density at radius 3 is 2.55 bits per heavy atom. The molecule has 1 amide bonds. The van der Waals surface area contributed by atoms with Gasteiger partial charge in [0, 0.05) is 34.9 Å². The highest BCUT2D eigenvalue weighted by atomic mass is 35.5. The van der Waals surface area contributed by atoms with E-state index in [1.54, 1.807) is 31.4 Å².